The van der Waals surface area contributed by atoms with Gasteiger partial charge < -0.3 is 14.5 Å². The van der Waals surface area contributed by atoms with Gasteiger partial charge in [-0.1, -0.05) is 15.9 Å². The predicted molar refractivity (Wildman–Crippen MR) is 69.4 cm³/mol. The molecule has 0 saturated heterocycles. The van der Waals surface area contributed by atoms with Gasteiger partial charge in [0.2, 0.25) is 0 Å². The van der Waals surface area contributed by atoms with Crippen molar-refractivity contribution < 1.29 is 9.15 Å². The van der Waals surface area contributed by atoms with Crippen molar-refractivity contribution in [3.8, 4) is 5.75 Å². The Labute approximate surface area is 108 Å². The maximum absolute atomic E-state index is 5.73. The summed E-state index contributed by atoms with van der Waals surface area (Å²) in [7, 11) is 0. The lowest BCUT2D eigenvalue weighted by atomic mass is 10.1. The minimum absolute atomic E-state index is 0.0809. The first-order chi connectivity index (χ1) is 8.22. The summed E-state index contributed by atoms with van der Waals surface area (Å²) < 4.78 is 12.4. The van der Waals surface area contributed by atoms with Crippen LogP contribution in [0.2, 0.25) is 0 Å². The summed E-state index contributed by atoms with van der Waals surface area (Å²) in [5.74, 6) is 2.71. The molecule has 1 aromatic heterocycles. The molecule has 1 atom stereocenters. The summed E-state index contributed by atoms with van der Waals surface area (Å²) in [6, 6.07) is 9.99. The first kappa shape index (κ1) is 10.7. The molecule has 2 heterocycles. The van der Waals surface area contributed by atoms with Gasteiger partial charge in [0.05, 0.1) is 5.69 Å². The molecule has 17 heavy (non-hydrogen) atoms. The van der Waals surface area contributed by atoms with E-state index in [4.69, 9.17) is 9.15 Å². The molecule has 0 amide bonds. The Morgan fingerprint density at radius 2 is 2.18 bits per heavy atom. The maximum atomic E-state index is 5.73. The summed E-state index contributed by atoms with van der Waals surface area (Å²) in [4.78, 5) is 0. The second kappa shape index (κ2) is 4.11. The van der Waals surface area contributed by atoms with Crippen molar-refractivity contribution >= 4 is 21.6 Å². The Morgan fingerprint density at radius 1 is 1.29 bits per heavy atom. The number of rotatable bonds is 1. The fourth-order valence-corrected chi connectivity index (χ4v) is 2.27. The van der Waals surface area contributed by atoms with Crippen LogP contribution >= 0.6 is 15.9 Å². The highest BCUT2D eigenvalue weighted by Crippen LogP contribution is 2.35. The Bertz CT molecular complexity index is 550. The number of hydrogen-bond donors (Lipinski definition) is 1. The van der Waals surface area contributed by atoms with E-state index in [2.05, 4.69) is 21.2 Å². The van der Waals surface area contributed by atoms with Crippen LogP contribution in [0.25, 0.3) is 0 Å². The molecule has 1 unspecified atom stereocenters. The summed E-state index contributed by atoms with van der Waals surface area (Å²) in [6.07, 6.45) is 0. The van der Waals surface area contributed by atoms with Gasteiger partial charge in [0.25, 0.3) is 0 Å². The van der Waals surface area contributed by atoms with Crippen molar-refractivity contribution in [1.29, 1.82) is 0 Å². The van der Waals surface area contributed by atoms with Crippen LogP contribution in [0.1, 0.15) is 17.6 Å². The molecule has 0 radical (unpaired) electrons. The topological polar surface area (TPSA) is 34.4 Å². The second-order valence-electron chi connectivity index (χ2n) is 4.10. The molecule has 1 aromatic carbocycles. The largest absolute Gasteiger partial charge is 0.489 e. The average Bonchev–Trinajstić information content (AvgIpc) is 2.75. The Hall–Kier alpha value is -1.42. The third-order valence-electron chi connectivity index (χ3n) is 2.78. The van der Waals surface area contributed by atoms with Crippen LogP contribution < -0.4 is 10.1 Å². The summed E-state index contributed by atoms with van der Waals surface area (Å²) in [5, 5.41) is 3.41. The minimum atomic E-state index is 0.0809. The number of furan rings is 1. The van der Waals surface area contributed by atoms with Gasteiger partial charge in [0.15, 0.2) is 0 Å². The molecular weight excluding hydrogens is 282 g/mol. The molecule has 88 valence electrons. The van der Waals surface area contributed by atoms with Crippen molar-refractivity contribution in [2.75, 3.05) is 11.9 Å². The summed E-state index contributed by atoms with van der Waals surface area (Å²) in [5.41, 5.74) is 0.999. The van der Waals surface area contributed by atoms with Gasteiger partial charge >= 0.3 is 0 Å². The number of benzene rings is 1. The van der Waals surface area contributed by atoms with E-state index < -0.39 is 0 Å². The lowest BCUT2D eigenvalue weighted by Crippen LogP contribution is -2.23. The van der Waals surface area contributed by atoms with Crippen molar-refractivity contribution in [2.24, 2.45) is 0 Å². The Morgan fingerprint density at radius 3 is 2.94 bits per heavy atom. The van der Waals surface area contributed by atoms with E-state index in [-0.39, 0.29) is 6.04 Å². The number of aryl methyl sites for hydroxylation is 1. The van der Waals surface area contributed by atoms with E-state index in [9.17, 15) is 0 Å². The average molecular weight is 294 g/mol. The molecule has 3 rings (SSSR count). The van der Waals surface area contributed by atoms with Gasteiger partial charge in [-0.25, -0.2) is 0 Å². The standard InChI is InChI=1S/C13H12BrNO2/c1-8-2-5-12(17-8)11-7-16-13-6-9(14)3-4-10(13)15-11/h2-6,11,15H,7H2,1H3. The zero-order valence-electron chi connectivity index (χ0n) is 9.37. The first-order valence-electron chi connectivity index (χ1n) is 5.47. The van der Waals surface area contributed by atoms with Crippen LogP contribution in [0.3, 0.4) is 0 Å². The number of anilines is 1. The van der Waals surface area contributed by atoms with Gasteiger partial charge in [0.1, 0.15) is 29.9 Å². The van der Waals surface area contributed by atoms with E-state index >= 15 is 0 Å². The van der Waals surface area contributed by atoms with Gasteiger partial charge in [-0.3, -0.25) is 0 Å². The van der Waals surface area contributed by atoms with Crippen LogP contribution in [0.15, 0.2) is 39.2 Å². The molecule has 0 saturated carbocycles. The highest BCUT2D eigenvalue weighted by molar-refractivity contribution is 9.10. The van der Waals surface area contributed by atoms with E-state index in [0.717, 1.165) is 27.4 Å². The molecule has 1 aliphatic heterocycles. The Balaban J connectivity index is 1.88. The number of halogens is 1. The van der Waals surface area contributed by atoms with Crippen LogP contribution in [-0.4, -0.2) is 6.61 Å². The van der Waals surface area contributed by atoms with Crippen molar-refractivity contribution in [3.05, 3.63) is 46.3 Å². The summed E-state index contributed by atoms with van der Waals surface area (Å²) in [6.45, 7) is 2.52. The monoisotopic (exact) mass is 293 g/mol. The SMILES string of the molecule is Cc1ccc(C2COc3cc(Br)ccc3N2)o1. The maximum Gasteiger partial charge on any atom is 0.143 e. The van der Waals surface area contributed by atoms with E-state index in [1.807, 2.05) is 37.3 Å². The lowest BCUT2D eigenvalue weighted by molar-refractivity contribution is 0.268. The van der Waals surface area contributed by atoms with E-state index in [1.165, 1.54) is 0 Å². The third kappa shape index (κ3) is 2.05. The lowest BCUT2D eigenvalue weighted by Gasteiger charge is -2.26. The number of ether oxygens (including phenoxy) is 1. The summed E-state index contributed by atoms with van der Waals surface area (Å²) >= 11 is 3.43. The highest BCUT2D eigenvalue weighted by atomic mass is 79.9. The minimum Gasteiger partial charge on any atom is -0.489 e. The number of fused-ring (bicyclic) bond motifs is 1. The normalized spacial score (nSPS) is 18.1. The van der Waals surface area contributed by atoms with Crippen LogP contribution in [0.5, 0.6) is 5.75 Å². The highest BCUT2D eigenvalue weighted by Gasteiger charge is 2.22. The molecule has 0 fully saturated rings. The zero-order chi connectivity index (χ0) is 11.8. The third-order valence-corrected chi connectivity index (χ3v) is 3.28. The van der Waals surface area contributed by atoms with Crippen LogP contribution in [0.4, 0.5) is 5.69 Å². The van der Waals surface area contributed by atoms with Crippen LogP contribution in [0, 0.1) is 6.92 Å². The van der Waals surface area contributed by atoms with Gasteiger partial charge in [-0.15, -0.1) is 0 Å². The molecule has 1 aliphatic rings. The molecule has 2 aromatic rings. The smallest absolute Gasteiger partial charge is 0.143 e. The predicted octanol–water partition coefficient (Wildman–Crippen LogP) is 3.90. The molecule has 0 spiro atoms. The fourth-order valence-electron chi connectivity index (χ4n) is 1.93. The van der Waals surface area contributed by atoms with Crippen molar-refractivity contribution in [3.63, 3.8) is 0 Å². The Kier molecular flexibility index (Phi) is 2.59. The van der Waals surface area contributed by atoms with E-state index in [0.29, 0.717) is 6.61 Å². The van der Waals surface area contributed by atoms with Crippen molar-refractivity contribution in [1.82, 2.24) is 0 Å². The van der Waals surface area contributed by atoms with Gasteiger partial charge in [-0.05, 0) is 37.3 Å². The van der Waals surface area contributed by atoms with Crippen LogP contribution in [-0.2, 0) is 0 Å². The van der Waals surface area contributed by atoms with Gasteiger partial charge in [-0.2, -0.15) is 0 Å². The van der Waals surface area contributed by atoms with E-state index in [1.54, 1.807) is 0 Å². The second-order valence-corrected chi connectivity index (χ2v) is 5.01. The first-order valence-corrected chi connectivity index (χ1v) is 6.27. The molecule has 1 N–H and O–H groups in total. The van der Waals surface area contributed by atoms with Crippen molar-refractivity contribution in [2.45, 2.75) is 13.0 Å². The molecule has 3 nitrogen and oxygen atoms in total. The number of hydrogen-bond acceptors (Lipinski definition) is 3. The van der Waals surface area contributed by atoms with Gasteiger partial charge in [0, 0.05) is 4.47 Å². The molecule has 0 bridgehead atoms. The quantitative estimate of drug-likeness (QED) is 0.866. The zero-order valence-corrected chi connectivity index (χ0v) is 11.0. The number of nitrogens with one attached hydrogen (secondary N) is 1. The molecule has 4 heteroatoms. The molecule has 0 aliphatic carbocycles. The fraction of sp³-hybridized carbons (Fsp3) is 0.231. The molecular formula is C13H12BrNO2.